The number of rotatable bonds is 4. The van der Waals surface area contributed by atoms with E-state index in [0.29, 0.717) is 12.6 Å². The standard InChI is InChI=1S/C11H19NOS/c1-8(2)12-7-11(4,13)10-9(3)5-6-14-10/h5-6,8,12-13H,7H2,1-4H3. The van der Waals surface area contributed by atoms with E-state index in [2.05, 4.69) is 19.2 Å². The fourth-order valence-electron chi connectivity index (χ4n) is 1.41. The maximum Gasteiger partial charge on any atom is 0.109 e. The molecule has 0 radical (unpaired) electrons. The Labute approximate surface area is 90.0 Å². The van der Waals surface area contributed by atoms with Gasteiger partial charge in [-0.05, 0) is 30.9 Å². The van der Waals surface area contributed by atoms with Gasteiger partial charge in [-0.15, -0.1) is 11.3 Å². The molecule has 0 bridgehead atoms. The lowest BCUT2D eigenvalue weighted by Gasteiger charge is -2.24. The summed E-state index contributed by atoms with van der Waals surface area (Å²) in [4.78, 5) is 1.06. The van der Waals surface area contributed by atoms with Crippen molar-refractivity contribution in [1.82, 2.24) is 5.32 Å². The molecule has 14 heavy (non-hydrogen) atoms. The molecule has 1 heterocycles. The SMILES string of the molecule is Cc1ccsc1C(C)(O)CNC(C)C. The Morgan fingerprint density at radius 2 is 2.21 bits per heavy atom. The van der Waals surface area contributed by atoms with Crippen LogP contribution in [-0.2, 0) is 5.60 Å². The lowest BCUT2D eigenvalue weighted by atomic mass is 10.0. The molecular weight excluding hydrogens is 194 g/mol. The fraction of sp³-hybridized carbons (Fsp3) is 0.636. The van der Waals surface area contributed by atoms with Gasteiger partial charge in [0.05, 0.1) is 0 Å². The van der Waals surface area contributed by atoms with Crippen molar-refractivity contribution in [2.24, 2.45) is 0 Å². The molecule has 0 fully saturated rings. The third-order valence-corrected chi connectivity index (χ3v) is 3.48. The maximum atomic E-state index is 10.3. The largest absolute Gasteiger partial charge is 0.383 e. The minimum absolute atomic E-state index is 0.404. The van der Waals surface area contributed by atoms with Crippen LogP contribution >= 0.6 is 11.3 Å². The van der Waals surface area contributed by atoms with Crippen molar-refractivity contribution in [2.75, 3.05) is 6.54 Å². The van der Waals surface area contributed by atoms with Gasteiger partial charge in [0.25, 0.3) is 0 Å². The van der Waals surface area contributed by atoms with E-state index in [9.17, 15) is 5.11 Å². The van der Waals surface area contributed by atoms with Crippen molar-refractivity contribution in [3.63, 3.8) is 0 Å². The molecule has 0 aromatic carbocycles. The minimum Gasteiger partial charge on any atom is -0.383 e. The van der Waals surface area contributed by atoms with E-state index in [1.165, 1.54) is 5.56 Å². The molecule has 0 aliphatic carbocycles. The number of hydrogen-bond acceptors (Lipinski definition) is 3. The molecule has 1 atom stereocenters. The Kier molecular flexibility index (Phi) is 3.70. The lowest BCUT2D eigenvalue weighted by molar-refractivity contribution is 0.0581. The van der Waals surface area contributed by atoms with Crippen molar-refractivity contribution < 1.29 is 5.11 Å². The van der Waals surface area contributed by atoms with E-state index in [0.717, 1.165) is 4.88 Å². The van der Waals surface area contributed by atoms with Gasteiger partial charge in [-0.1, -0.05) is 13.8 Å². The Hall–Kier alpha value is -0.380. The molecule has 3 heteroatoms. The number of nitrogens with one attached hydrogen (secondary N) is 1. The highest BCUT2D eigenvalue weighted by Gasteiger charge is 2.25. The van der Waals surface area contributed by atoms with Gasteiger partial charge in [-0.25, -0.2) is 0 Å². The summed E-state index contributed by atoms with van der Waals surface area (Å²) in [6.07, 6.45) is 0. The number of thiophene rings is 1. The van der Waals surface area contributed by atoms with Crippen LogP contribution < -0.4 is 5.32 Å². The Balaban J connectivity index is 2.70. The second kappa shape index (κ2) is 4.43. The zero-order valence-electron chi connectivity index (χ0n) is 9.29. The van der Waals surface area contributed by atoms with Crippen LogP contribution in [0.15, 0.2) is 11.4 Å². The highest BCUT2D eigenvalue weighted by molar-refractivity contribution is 7.10. The van der Waals surface area contributed by atoms with Crippen molar-refractivity contribution >= 4 is 11.3 Å². The van der Waals surface area contributed by atoms with Crippen molar-refractivity contribution in [2.45, 2.75) is 39.3 Å². The van der Waals surface area contributed by atoms with Crippen LogP contribution in [0, 0.1) is 6.92 Å². The summed E-state index contributed by atoms with van der Waals surface area (Å²) in [5, 5.41) is 15.5. The van der Waals surface area contributed by atoms with Crippen LogP contribution in [0.3, 0.4) is 0 Å². The summed E-state index contributed by atoms with van der Waals surface area (Å²) in [6.45, 7) is 8.66. The monoisotopic (exact) mass is 213 g/mol. The highest BCUT2D eigenvalue weighted by atomic mass is 32.1. The van der Waals surface area contributed by atoms with Crippen LogP contribution in [0.4, 0.5) is 0 Å². The Morgan fingerprint density at radius 1 is 1.57 bits per heavy atom. The molecule has 1 unspecified atom stereocenters. The molecular formula is C11H19NOS. The first-order valence-electron chi connectivity index (χ1n) is 4.94. The number of aryl methyl sites for hydroxylation is 1. The average molecular weight is 213 g/mol. The third kappa shape index (κ3) is 2.80. The summed E-state index contributed by atoms with van der Waals surface area (Å²) < 4.78 is 0. The van der Waals surface area contributed by atoms with Crippen LogP contribution in [0.5, 0.6) is 0 Å². The minimum atomic E-state index is -0.747. The van der Waals surface area contributed by atoms with E-state index in [1.807, 2.05) is 25.3 Å². The summed E-state index contributed by atoms with van der Waals surface area (Å²) in [6, 6.07) is 2.45. The van der Waals surface area contributed by atoms with Gasteiger partial charge in [-0.2, -0.15) is 0 Å². The number of hydrogen-bond donors (Lipinski definition) is 2. The average Bonchev–Trinajstić information content (AvgIpc) is 2.48. The van der Waals surface area contributed by atoms with E-state index in [-0.39, 0.29) is 0 Å². The van der Waals surface area contributed by atoms with E-state index in [1.54, 1.807) is 11.3 Å². The van der Waals surface area contributed by atoms with Crippen molar-refractivity contribution in [1.29, 1.82) is 0 Å². The molecule has 1 aromatic heterocycles. The van der Waals surface area contributed by atoms with E-state index < -0.39 is 5.60 Å². The molecule has 0 aliphatic heterocycles. The van der Waals surface area contributed by atoms with E-state index >= 15 is 0 Å². The Bertz CT molecular complexity index is 291. The van der Waals surface area contributed by atoms with Gasteiger partial charge in [0.2, 0.25) is 0 Å². The van der Waals surface area contributed by atoms with E-state index in [4.69, 9.17) is 0 Å². The summed E-state index contributed by atoms with van der Waals surface area (Å²) in [5.41, 5.74) is 0.424. The van der Waals surface area contributed by atoms with Gasteiger partial charge in [0.1, 0.15) is 5.60 Å². The summed E-state index contributed by atoms with van der Waals surface area (Å²) >= 11 is 1.62. The molecule has 80 valence electrons. The lowest BCUT2D eigenvalue weighted by Crippen LogP contribution is -2.38. The molecule has 0 amide bonds. The predicted octanol–water partition coefficient (Wildman–Crippen LogP) is 2.26. The Morgan fingerprint density at radius 3 is 2.64 bits per heavy atom. The number of aliphatic hydroxyl groups is 1. The molecule has 0 saturated heterocycles. The summed E-state index contributed by atoms with van der Waals surface area (Å²) in [7, 11) is 0. The first-order valence-corrected chi connectivity index (χ1v) is 5.82. The topological polar surface area (TPSA) is 32.3 Å². The van der Waals surface area contributed by atoms with Crippen LogP contribution in [-0.4, -0.2) is 17.7 Å². The first kappa shape index (κ1) is 11.7. The predicted molar refractivity (Wildman–Crippen MR) is 61.8 cm³/mol. The van der Waals surface area contributed by atoms with Crippen LogP contribution in [0.25, 0.3) is 0 Å². The fourth-order valence-corrected chi connectivity index (χ4v) is 2.40. The molecule has 2 nitrogen and oxygen atoms in total. The molecule has 2 N–H and O–H groups in total. The molecule has 0 aliphatic rings. The third-order valence-electron chi connectivity index (χ3n) is 2.21. The van der Waals surface area contributed by atoms with Crippen molar-refractivity contribution in [3.8, 4) is 0 Å². The van der Waals surface area contributed by atoms with Gasteiger partial charge in [0.15, 0.2) is 0 Å². The van der Waals surface area contributed by atoms with Gasteiger partial charge >= 0.3 is 0 Å². The molecule has 0 saturated carbocycles. The van der Waals surface area contributed by atoms with Crippen LogP contribution in [0.2, 0.25) is 0 Å². The highest BCUT2D eigenvalue weighted by Crippen LogP contribution is 2.28. The zero-order valence-corrected chi connectivity index (χ0v) is 10.1. The molecule has 1 rings (SSSR count). The van der Waals surface area contributed by atoms with Gasteiger partial charge in [-0.3, -0.25) is 0 Å². The first-order chi connectivity index (χ1) is 6.43. The quantitative estimate of drug-likeness (QED) is 0.804. The zero-order chi connectivity index (χ0) is 10.8. The van der Waals surface area contributed by atoms with Crippen molar-refractivity contribution in [3.05, 3.63) is 21.9 Å². The molecule has 0 spiro atoms. The normalized spacial score (nSPS) is 15.9. The van der Waals surface area contributed by atoms with Crippen LogP contribution in [0.1, 0.15) is 31.2 Å². The second-order valence-electron chi connectivity index (χ2n) is 4.24. The maximum absolute atomic E-state index is 10.3. The van der Waals surface area contributed by atoms with Gasteiger partial charge < -0.3 is 10.4 Å². The second-order valence-corrected chi connectivity index (χ2v) is 5.16. The molecule has 1 aromatic rings. The van der Waals surface area contributed by atoms with Gasteiger partial charge in [0, 0.05) is 17.5 Å². The smallest absolute Gasteiger partial charge is 0.109 e. The summed E-state index contributed by atoms with van der Waals surface area (Å²) in [5.74, 6) is 0.